The van der Waals surface area contributed by atoms with E-state index in [0.29, 0.717) is 0 Å². The molecule has 1 aliphatic carbocycles. The first-order valence-corrected chi connectivity index (χ1v) is 5.27. The van der Waals surface area contributed by atoms with Gasteiger partial charge in [-0.05, 0) is 33.6 Å². The SMILES string of the molecule is CC12CCCCC1(C)O2.CCOC. The highest BCUT2D eigenvalue weighted by Crippen LogP contribution is 2.56. The van der Waals surface area contributed by atoms with Crippen LogP contribution in [-0.4, -0.2) is 24.9 Å². The highest BCUT2D eigenvalue weighted by molar-refractivity contribution is 5.12. The van der Waals surface area contributed by atoms with Gasteiger partial charge in [-0.25, -0.2) is 0 Å². The van der Waals surface area contributed by atoms with E-state index < -0.39 is 0 Å². The summed E-state index contributed by atoms with van der Waals surface area (Å²) in [4.78, 5) is 0. The molecule has 13 heavy (non-hydrogen) atoms. The van der Waals surface area contributed by atoms with Crippen molar-refractivity contribution in [1.82, 2.24) is 0 Å². The van der Waals surface area contributed by atoms with Gasteiger partial charge in [-0.15, -0.1) is 0 Å². The standard InChI is InChI=1S/C8H14O.C3H8O/c1-7-5-3-4-6-8(7,2)9-7;1-3-4-2/h3-6H2,1-2H3;3H2,1-2H3. The van der Waals surface area contributed by atoms with Gasteiger partial charge in [0.1, 0.15) is 0 Å². The predicted octanol–water partition coefficient (Wildman–Crippen LogP) is 2.76. The molecule has 2 heteroatoms. The van der Waals surface area contributed by atoms with Gasteiger partial charge in [0.05, 0.1) is 11.2 Å². The molecule has 0 aromatic rings. The minimum Gasteiger partial charge on any atom is -0.385 e. The molecule has 78 valence electrons. The van der Waals surface area contributed by atoms with Crippen LogP contribution in [0, 0.1) is 0 Å². The molecule has 2 rings (SSSR count). The molecule has 1 saturated carbocycles. The van der Waals surface area contributed by atoms with Gasteiger partial charge in [0.15, 0.2) is 0 Å². The Balaban J connectivity index is 0.000000184. The quantitative estimate of drug-likeness (QED) is 0.587. The Hall–Kier alpha value is -0.0800. The average Bonchev–Trinajstić information content (AvgIpc) is 2.69. The van der Waals surface area contributed by atoms with Crippen molar-refractivity contribution in [2.45, 2.75) is 57.7 Å². The average molecular weight is 186 g/mol. The molecule has 0 aromatic heterocycles. The fourth-order valence-corrected chi connectivity index (χ4v) is 2.03. The van der Waals surface area contributed by atoms with E-state index >= 15 is 0 Å². The van der Waals surface area contributed by atoms with E-state index in [-0.39, 0.29) is 11.2 Å². The van der Waals surface area contributed by atoms with E-state index in [0.717, 1.165) is 6.61 Å². The maximum atomic E-state index is 5.65. The van der Waals surface area contributed by atoms with Gasteiger partial charge in [-0.3, -0.25) is 0 Å². The van der Waals surface area contributed by atoms with E-state index in [2.05, 4.69) is 18.6 Å². The summed E-state index contributed by atoms with van der Waals surface area (Å²) >= 11 is 0. The van der Waals surface area contributed by atoms with Crippen LogP contribution in [0.25, 0.3) is 0 Å². The number of ether oxygens (including phenoxy) is 2. The van der Waals surface area contributed by atoms with Crippen LogP contribution in [0.15, 0.2) is 0 Å². The minimum atomic E-state index is 0.283. The maximum absolute atomic E-state index is 5.65. The molecule has 2 unspecified atom stereocenters. The third kappa shape index (κ3) is 2.23. The van der Waals surface area contributed by atoms with Crippen molar-refractivity contribution >= 4 is 0 Å². The summed E-state index contributed by atoms with van der Waals surface area (Å²) in [5.74, 6) is 0. The zero-order valence-corrected chi connectivity index (χ0v) is 9.35. The van der Waals surface area contributed by atoms with Crippen LogP contribution in [0.5, 0.6) is 0 Å². The number of epoxide rings is 1. The Morgan fingerprint density at radius 2 is 1.54 bits per heavy atom. The number of fused-ring (bicyclic) bond motifs is 1. The molecule has 0 N–H and O–H groups in total. The molecule has 1 saturated heterocycles. The minimum absolute atomic E-state index is 0.283. The van der Waals surface area contributed by atoms with Gasteiger partial charge in [0.2, 0.25) is 0 Å². The molecule has 2 nitrogen and oxygen atoms in total. The lowest BCUT2D eigenvalue weighted by Crippen LogP contribution is -2.23. The second-order valence-corrected chi connectivity index (χ2v) is 4.35. The van der Waals surface area contributed by atoms with E-state index in [1.807, 2.05) is 6.92 Å². The molecule has 2 atom stereocenters. The predicted molar refractivity (Wildman–Crippen MR) is 53.9 cm³/mol. The fraction of sp³-hybridized carbons (Fsp3) is 1.00. The Labute approximate surface area is 81.6 Å². The summed E-state index contributed by atoms with van der Waals surface area (Å²) in [5.41, 5.74) is 0.566. The third-order valence-electron chi connectivity index (χ3n) is 3.37. The van der Waals surface area contributed by atoms with E-state index in [1.165, 1.54) is 25.7 Å². The first-order chi connectivity index (χ1) is 6.08. The number of rotatable bonds is 1. The van der Waals surface area contributed by atoms with Crippen LogP contribution in [0.3, 0.4) is 0 Å². The summed E-state index contributed by atoms with van der Waals surface area (Å²) in [7, 11) is 1.68. The zero-order valence-electron chi connectivity index (χ0n) is 9.35. The lowest BCUT2D eigenvalue weighted by Gasteiger charge is -2.17. The van der Waals surface area contributed by atoms with Crippen molar-refractivity contribution in [2.24, 2.45) is 0 Å². The number of methoxy groups -OCH3 is 1. The van der Waals surface area contributed by atoms with Gasteiger partial charge in [0, 0.05) is 13.7 Å². The second kappa shape index (κ2) is 3.97. The van der Waals surface area contributed by atoms with E-state index in [4.69, 9.17) is 4.74 Å². The molecule has 1 aliphatic heterocycles. The highest BCUT2D eigenvalue weighted by Gasteiger charge is 2.63. The third-order valence-corrected chi connectivity index (χ3v) is 3.37. The van der Waals surface area contributed by atoms with Crippen LogP contribution in [0.2, 0.25) is 0 Å². The van der Waals surface area contributed by atoms with Gasteiger partial charge >= 0.3 is 0 Å². The zero-order chi connectivity index (χ0) is 9.95. The molecule has 0 radical (unpaired) electrons. The van der Waals surface area contributed by atoms with E-state index in [9.17, 15) is 0 Å². The smallest absolute Gasteiger partial charge is 0.0949 e. The lowest BCUT2D eigenvalue weighted by molar-refractivity contribution is 0.215. The molecule has 2 fully saturated rings. The molecule has 1 heterocycles. The molecule has 2 aliphatic rings. The molecule has 0 bridgehead atoms. The van der Waals surface area contributed by atoms with Crippen molar-refractivity contribution in [1.29, 1.82) is 0 Å². The van der Waals surface area contributed by atoms with Crippen LogP contribution < -0.4 is 0 Å². The van der Waals surface area contributed by atoms with Crippen molar-refractivity contribution in [3.8, 4) is 0 Å². The Bertz CT molecular complexity index is 143. The van der Waals surface area contributed by atoms with Crippen LogP contribution in [0.1, 0.15) is 46.5 Å². The van der Waals surface area contributed by atoms with Gasteiger partial charge in [0.25, 0.3) is 0 Å². The largest absolute Gasteiger partial charge is 0.385 e. The summed E-state index contributed by atoms with van der Waals surface area (Å²) in [6.07, 6.45) is 5.30. The van der Waals surface area contributed by atoms with Crippen molar-refractivity contribution in [3.05, 3.63) is 0 Å². The van der Waals surface area contributed by atoms with Crippen molar-refractivity contribution in [2.75, 3.05) is 13.7 Å². The molecular weight excluding hydrogens is 164 g/mol. The molecule has 0 spiro atoms. The van der Waals surface area contributed by atoms with E-state index in [1.54, 1.807) is 7.11 Å². The van der Waals surface area contributed by atoms with Crippen LogP contribution in [0.4, 0.5) is 0 Å². The normalized spacial score (nSPS) is 41.5. The Kier molecular flexibility index (Phi) is 3.36. The van der Waals surface area contributed by atoms with Gasteiger partial charge in [-0.1, -0.05) is 12.8 Å². The molecule has 0 aromatic carbocycles. The Morgan fingerprint density at radius 1 is 1.15 bits per heavy atom. The van der Waals surface area contributed by atoms with Gasteiger partial charge in [-0.2, -0.15) is 0 Å². The van der Waals surface area contributed by atoms with Crippen molar-refractivity contribution < 1.29 is 9.47 Å². The van der Waals surface area contributed by atoms with Crippen LogP contribution >= 0.6 is 0 Å². The second-order valence-electron chi connectivity index (χ2n) is 4.35. The molecular formula is C11H22O2. The molecule has 0 amide bonds. The summed E-state index contributed by atoms with van der Waals surface area (Å²) in [5, 5.41) is 0. The topological polar surface area (TPSA) is 21.8 Å². The summed E-state index contributed by atoms with van der Waals surface area (Å²) < 4.78 is 10.2. The van der Waals surface area contributed by atoms with Crippen molar-refractivity contribution in [3.63, 3.8) is 0 Å². The lowest BCUT2D eigenvalue weighted by atomic mass is 9.82. The summed E-state index contributed by atoms with van der Waals surface area (Å²) in [6.45, 7) is 7.26. The highest BCUT2D eigenvalue weighted by atomic mass is 16.6. The monoisotopic (exact) mass is 186 g/mol. The van der Waals surface area contributed by atoms with Gasteiger partial charge < -0.3 is 9.47 Å². The fourth-order valence-electron chi connectivity index (χ4n) is 2.03. The first kappa shape index (κ1) is 11.0. The maximum Gasteiger partial charge on any atom is 0.0949 e. The first-order valence-electron chi connectivity index (χ1n) is 5.27. The number of hydrogen-bond acceptors (Lipinski definition) is 2. The summed E-state index contributed by atoms with van der Waals surface area (Å²) in [6, 6.07) is 0. The Morgan fingerprint density at radius 3 is 1.77 bits per heavy atom. The van der Waals surface area contributed by atoms with Crippen LogP contribution in [-0.2, 0) is 9.47 Å². The number of hydrogen-bond donors (Lipinski definition) is 0.